The summed E-state index contributed by atoms with van der Waals surface area (Å²) < 4.78 is 0. The molecule has 6 nitrogen and oxygen atoms in total. The molecule has 0 spiro atoms. The van der Waals surface area contributed by atoms with Gasteiger partial charge in [-0.15, -0.1) is 11.8 Å². The molecule has 1 rings (SSSR count). The summed E-state index contributed by atoms with van der Waals surface area (Å²) in [4.78, 5) is 35.4. The molecule has 1 aliphatic heterocycles. The third kappa shape index (κ3) is 6.27. The second-order valence-electron chi connectivity index (χ2n) is 4.86. The zero-order valence-corrected chi connectivity index (χ0v) is 12.6. The van der Waals surface area contributed by atoms with E-state index < -0.39 is 5.97 Å². The van der Waals surface area contributed by atoms with Crippen LogP contribution in [0.5, 0.6) is 0 Å². The number of carboxylic acid groups (broad SMARTS) is 1. The molecule has 0 bridgehead atoms. The molecule has 2 amide bonds. The first kappa shape index (κ1) is 16.8. The van der Waals surface area contributed by atoms with Crippen LogP contribution in [0.2, 0.25) is 0 Å². The van der Waals surface area contributed by atoms with Crippen LogP contribution >= 0.6 is 11.8 Å². The lowest BCUT2D eigenvalue weighted by molar-refractivity contribution is -0.134. The van der Waals surface area contributed by atoms with E-state index in [4.69, 9.17) is 5.11 Å². The number of rotatable bonds is 7. The molecule has 1 heterocycles. The van der Waals surface area contributed by atoms with Crippen LogP contribution in [0.15, 0.2) is 0 Å². The number of piperidine rings is 1. The van der Waals surface area contributed by atoms with Crippen molar-refractivity contribution in [1.29, 1.82) is 0 Å². The Hall–Kier alpha value is -1.24. The van der Waals surface area contributed by atoms with Gasteiger partial charge in [0.2, 0.25) is 11.8 Å². The minimum atomic E-state index is -0.903. The second kappa shape index (κ2) is 8.84. The molecule has 0 aromatic rings. The molecule has 7 heteroatoms. The van der Waals surface area contributed by atoms with E-state index in [1.807, 2.05) is 6.92 Å². The maximum absolute atomic E-state index is 11.8. The Kier molecular flexibility index (Phi) is 7.43. The molecule has 114 valence electrons. The third-order valence-corrected chi connectivity index (χ3v) is 4.04. The molecule has 2 N–H and O–H groups in total. The van der Waals surface area contributed by atoms with Gasteiger partial charge in [0.15, 0.2) is 0 Å². The number of nitrogens with one attached hydrogen (secondary N) is 1. The lowest BCUT2D eigenvalue weighted by Gasteiger charge is -2.32. The molecule has 0 atom stereocenters. The SMILES string of the molecule is CCCC(=O)NC1CCN(C(=O)CSCC(=O)O)CC1. The largest absolute Gasteiger partial charge is 0.481 e. The van der Waals surface area contributed by atoms with E-state index in [0.29, 0.717) is 19.5 Å². The molecule has 1 fully saturated rings. The zero-order valence-electron chi connectivity index (χ0n) is 11.8. The molecule has 0 unspecified atom stereocenters. The normalized spacial score (nSPS) is 15.9. The van der Waals surface area contributed by atoms with E-state index in [2.05, 4.69) is 5.32 Å². The molecular formula is C13H22N2O4S. The Balaban J connectivity index is 2.22. The number of carbonyl (C=O) groups excluding carboxylic acids is 2. The molecule has 1 aliphatic rings. The molecule has 0 saturated carbocycles. The highest BCUT2D eigenvalue weighted by Gasteiger charge is 2.23. The fraction of sp³-hybridized carbons (Fsp3) is 0.769. The predicted octanol–water partition coefficient (Wildman–Crippen LogP) is 0.711. The van der Waals surface area contributed by atoms with Crippen LogP contribution in [-0.2, 0) is 14.4 Å². The van der Waals surface area contributed by atoms with E-state index in [9.17, 15) is 14.4 Å². The van der Waals surface area contributed by atoms with Gasteiger partial charge in [0.25, 0.3) is 0 Å². The van der Waals surface area contributed by atoms with Crippen molar-refractivity contribution in [2.45, 2.75) is 38.6 Å². The van der Waals surface area contributed by atoms with Crippen molar-refractivity contribution in [3.8, 4) is 0 Å². The van der Waals surface area contributed by atoms with E-state index in [-0.39, 0.29) is 29.4 Å². The Morgan fingerprint density at radius 2 is 1.90 bits per heavy atom. The molecular weight excluding hydrogens is 280 g/mol. The van der Waals surface area contributed by atoms with Gasteiger partial charge in [-0.2, -0.15) is 0 Å². The number of likely N-dealkylation sites (tertiary alicyclic amines) is 1. The minimum Gasteiger partial charge on any atom is -0.481 e. The smallest absolute Gasteiger partial charge is 0.313 e. The summed E-state index contributed by atoms with van der Waals surface area (Å²) in [6.07, 6.45) is 2.92. The van der Waals surface area contributed by atoms with Crippen molar-refractivity contribution >= 4 is 29.5 Å². The maximum Gasteiger partial charge on any atom is 0.313 e. The van der Waals surface area contributed by atoms with Gasteiger partial charge >= 0.3 is 5.97 Å². The van der Waals surface area contributed by atoms with Crippen LogP contribution in [0, 0.1) is 0 Å². The van der Waals surface area contributed by atoms with Crippen molar-refractivity contribution < 1.29 is 19.5 Å². The summed E-state index contributed by atoms with van der Waals surface area (Å²) >= 11 is 1.12. The number of nitrogens with zero attached hydrogens (tertiary/aromatic N) is 1. The van der Waals surface area contributed by atoms with Gasteiger partial charge in [-0.05, 0) is 19.3 Å². The number of amides is 2. The van der Waals surface area contributed by atoms with Crippen LogP contribution in [0.3, 0.4) is 0 Å². The molecule has 0 radical (unpaired) electrons. The first-order valence-corrected chi connectivity index (χ1v) is 8.05. The van der Waals surface area contributed by atoms with E-state index in [0.717, 1.165) is 31.0 Å². The Morgan fingerprint density at radius 3 is 2.45 bits per heavy atom. The number of carboxylic acids is 1. The molecule has 0 aliphatic carbocycles. The standard InChI is InChI=1S/C13H22N2O4S/c1-2-3-11(16)14-10-4-6-15(7-5-10)12(17)8-20-9-13(18)19/h10H,2-9H2,1H3,(H,14,16)(H,18,19). The molecule has 0 aromatic heterocycles. The zero-order chi connectivity index (χ0) is 15.0. The van der Waals surface area contributed by atoms with Crippen molar-refractivity contribution in [1.82, 2.24) is 10.2 Å². The highest BCUT2D eigenvalue weighted by Crippen LogP contribution is 2.12. The van der Waals surface area contributed by atoms with Crippen LogP contribution in [0.1, 0.15) is 32.6 Å². The summed E-state index contributed by atoms with van der Waals surface area (Å²) in [6.45, 7) is 3.22. The summed E-state index contributed by atoms with van der Waals surface area (Å²) in [5, 5.41) is 11.5. The Bertz CT molecular complexity index is 354. The van der Waals surface area contributed by atoms with Gasteiger partial charge in [0.05, 0.1) is 11.5 Å². The molecule has 1 saturated heterocycles. The Morgan fingerprint density at radius 1 is 1.25 bits per heavy atom. The van der Waals surface area contributed by atoms with Gasteiger partial charge in [0.1, 0.15) is 0 Å². The quantitative estimate of drug-likeness (QED) is 0.723. The highest BCUT2D eigenvalue weighted by atomic mass is 32.2. The topological polar surface area (TPSA) is 86.7 Å². The number of hydrogen-bond acceptors (Lipinski definition) is 4. The number of hydrogen-bond donors (Lipinski definition) is 2. The summed E-state index contributed by atoms with van der Waals surface area (Å²) in [7, 11) is 0. The predicted molar refractivity (Wildman–Crippen MR) is 77.6 cm³/mol. The second-order valence-corrected chi connectivity index (χ2v) is 5.84. The van der Waals surface area contributed by atoms with E-state index in [1.54, 1.807) is 4.90 Å². The monoisotopic (exact) mass is 302 g/mol. The lowest BCUT2D eigenvalue weighted by atomic mass is 10.0. The van der Waals surface area contributed by atoms with Crippen molar-refractivity contribution in [3.63, 3.8) is 0 Å². The average Bonchev–Trinajstić information content (AvgIpc) is 2.39. The Labute approximate surface area is 123 Å². The lowest BCUT2D eigenvalue weighted by Crippen LogP contribution is -2.47. The highest BCUT2D eigenvalue weighted by molar-refractivity contribution is 8.00. The fourth-order valence-electron chi connectivity index (χ4n) is 2.12. The summed E-state index contributed by atoms with van der Waals surface area (Å²) in [6, 6.07) is 0.157. The van der Waals surface area contributed by atoms with Gasteiger partial charge < -0.3 is 15.3 Å². The first-order chi connectivity index (χ1) is 9.52. The number of thioether (sulfide) groups is 1. The summed E-state index contributed by atoms with van der Waals surface area (Å²) in [5.41, 5.74) is 0. The van der Waals surface area contributed by atoms with Gasteiger partial charge in [-0.1, -0.05) is 6.92 Å². The van der Waals surface area contributed by atoms with Gasteiger partial charge in [-0.25, -0.2) is 0 Å². The average molecular weight is 302 g/mol. The van der Waals surface area contributed by atoms with Crippen LogP contribution < -0.4 is 5.32 Å². The number of aliphatic carboxylic acids is 1. The van der Waals surface area contributed by atoms with Crippen LogP contribution in [-0.4, -0.2) is 58.4 Å². The van der Waals surface area contributed by atoms with Crippen molar-refractivity contribution in [3.05, 3.63) is 0 Å². The van der Waals surface area contributed by atoms with E-state index >= 15 is 0 Å². The third-order valence-electron chi connectivity index (χ3n) is 3.14. The van der Waals surface area contributed by atoms with Gasteiger partial charge in [0, 0.05) is 25.6 Å². The number of carbonyl (C=O) groups is 3. The molecule has 20 heavy (non-hydrogen) atoms. The van der Waals surface area contributed by atoms with Crippen molar-refractivity contribution in [2.24, 2.45) is 0 Å². The van der Waals surface area contributed by atoms with Crippen molar-refractivity contribution in [2.75, 3.05) is 24.6 Å². The van der Waals surface area contributed by atoms with Crippen LogP contribution in [0.4, 0.5) is 0 Å². The minimum absolute atomic E-state index is 0.0189. The van der Waals surface area contributed by atoms with Crippen LogP contribution in [0.25, 0.3) is 0 Å². The fourth-order valence-corrected chi connectivity index (χ4v) is 2.75. The van der Waals surface area contributed by atoms with E-state index in [1.165, 1.54) is 0 Å². The maximum atomic E-state index is 11.8. The molecule has 0 aromatic carbocycles. The van der Waals surface area contributed by atoms with Gasteiger partial charge in [-0.3, -0.25) is 14.4 Å². The summed E-state index contributed by atoms with van der Waals surface area (Å²) in [5.74, 6) is -0.682. The first-order valence-electron chi connectivity index (χ1n) is 6.89.